The molecular weight excluding hydrogens is 397 g/mol. The number of alkyl halides is 3. The molecule has 2 heterocycles. The number of nitrogen functional groups attached to an aromatic ring is 1. The number of nitrogens with zero attached hydrogens (tertiary/aromatic N) is 4. The van der Waals surface area contributed by atoms with Gasteiger partial charge in [0.25, 0.3) is 0 Å². The molecule has 0 radical (unpaired) electrons. The molecule has 0 spiro atoms. The predicted molar refractivity (Wildman–Crippen MR) is 107 cm³/mol. The summed E-state index contributed by atoms with van der Waals surface area (Å²) in [6.07, 6.45) is -3.35. The third-order valence-corrected chi connectivity index (χ3v) is 5.10. The zero-order valence-electron chi connectivity index (χ0n) is 16.9. The number of hydrogen-bond acceptors (Lipinski definition) is 6. The molecule has 0 atom stereocenters. The standard InChI is InChI=1S/C20H25F3N6O/c1-12(2)16-26-18(24)28-19(27-16)29-9-7-13(8-10-29)17(30)25-11-14-5-3-4-6-15(14)20(21,22)23/h3-6,12-13H,7-11H2,1-2H3,(H,25,30)(H2,24,26,27,28). The van der Waals surface area contributed by atoms with Crippen LogP contribution in [0.5, 0.6) is 0 Å². The Kier molecular flexibility index (Phi) is 6.42. The SMILES string of the molecule is CC(C)c1nc(N)nc(N2CCC(C(=O)NCc3ccccc3C(F)(F)F)CC2)n1. The maximum absolute atomic E-state index is 13.1. The molecular formula is C20H25F3N6O. The number of nitrogens with one attached hydrogen (secondary N) is 1. The lowest BCUT2D eigenvalue weighted by Crippen LogP contribution is -2.41. The Bertz CT molecular complexity index is 894. The highest BCUT2D eigenvalue weighted by Crippen LogP contribution is 2.32. The Hall–Kier alpha value is -2.91. The van der Waals surface area contributed by atoms with Crippen LogP contribution in [0.3, 0.4) is 0 Å². The molecule has 1 aromatic carbocycles. The Labute approximate surface area is 172 Å². The summed E-state index contributed by atoms with van der Waals surface area (Å²) < 4.78 is 39.3. The molecule has 0 unspecified atom stereocenters. The first-order valence-corrected chi connectivity index (χ1v) is 9.84. The van der Waals surface area contributed by atoms with Gasteiger partial charge < -0.3 is 16.0 Å². The van der Waals surface area contributed by atoms with Crippen LogP contribution >= 0.6 is 0 Å². The Balaban J connectivity index is 1.58. The van der Waals surface area contributed by atoms with Crippen molar-refractivity contribution in [3.63, 3.8) is 0 Å². The van der Waals surface area contributed by atoms with Crippen LogP contribution in [0.15, 0.2) is 24.3 Å². The van der Waals surface area contributed by atoms with E-state index in [2.05, 4.69) is 20.3 Å². The number of carbonyl (C=O) groups is 1. The van der Waals surface area contributed by atoms with Gasteiger partial charge in [-0.05, 0) is 24.5 Å². The number of piperidine rings is 1. The van der Waals surface area contributed by atoms with E-state index >= 15 is 0 Å². The van der Waals surface area contributed by atoms with Gasteiger partial charge in [-0.2, -0.15) is 28.1 Å². The molecule has 10 heteroatoms. The number of rotatable bonds is 5. The third-order valence-electron chi connectivity index (χ3n) is 5.10. The predicted octanol–water partition coefficient (Wildman–Crippen LogP) is 3.13. The molecule has 1 saturated heterocycles. The molecule has 1 fully saturated rings. The summed E-state index contributed by atoms with van der Waals surface area (Å²) >= 11 is 0. The van der Waals surface area contributed by atoms with E-state index in [-0.39, 0.29) is 35.8 Å². The number of halogens is 3. The maximum atomic E-state index is 13.1. The largest absolute Gasteiger partial charge is 0.416 e. The van der Waals surface area contributed by atoms with Gasteiger partial charge in [-0.3, -0.25) is 4.79 Å². The van der Waals surface area contributed by atoms with Gasteiger partial charge >= 0.3 is 6.18 Å². The minimum absolute atomic E-state index is 0.0534. The normalized spacial score (nSPS) is 15.5. The van der Waals surface area contributed by atoms with Gasteiger partial charge in [0.15, 0.2) is 0 Å². The van der Waals surface area contributed by atoms with Crippen molar-refractivity contribution in [1.82, 2.24) is 20.3 Å². The number of hydrogen-bond donors (Lipinski definition) is 2. The number of aromatic nitrogens is 3. The summed E-state index contributed by atoms with van der Waals surface area (Å²) in [5.41, 5.74) is 5.11. The van der Waals surface area contributed by atoms with E-state index in [1.165, 1.54) is 18.2 Å². The van der Waals surface area contributed by atoms with E-state index in [4.69, 9.17) is 5.73 Å². The van der Waals surface area contributed by atoms with Gasteiger partial charge in [0.1, 0.15) is 5.82 Å². The first-order chi connectivity index (χ1) is 14.1. The minimum Gasteiger partial charge on any atom is -0.368 e. The van der Waals surface area contributed by atoms with E-state index in [0.29, 0.717) is 37.7 Å². The Morgan fingerprint density at radius 1 is 1.20 bits per heavy atom. The summed E-state index contributed by atoms with van der Waals surface area (Å²) in [5, 5.41) is 2.65. The van der Waals surface area contributed by atoms with E-state index in [0.717, 1.165) is 6.07 Å². The van der Waals surface area contributed by atoms with Crippen LogP contribution in [0, 0.1) is 5.92 Å². The minimum atomic E-state index is -4.45. The number of carbonyl (C=O) groups excluding carboxylic acids is 1. The van der Waals surface area contributed by atoms with Gasteiger partial charge in [-0.15, -0.1) is 0 Å². The summed E-state index contributed by atoms with van der Waals surface area (Å²) in [5.74, 6) is 0.849. The fourth-order valence-corrected chi connectivity index (χ4v) is 3.42. The number of benzene rings is 1. The molecule has 0 saturated carbocycles. The lowest BCUT2D eigenvalue weighted by atomic mass is 9.96. The van der Waals surface area contributed by atoms with Crippen molar-refractivity contribution >= 4 is 17.8 Å². The molecule has 1 aliphatic heterocycles. The van der Waals surface area contributed by atoms with E-state index < -0.39 is 11.7 Å². The van der Waals surface area contributed by atoms with Crippen LogP contribution in [0.25, 0.3) is 0 Å². The Morgan fingerprint density at radius 2 is 1.87 bits per heavy atom. The van der Waals surface area contributed by atoms with Crippen molar-refractivity contribution in [2.75, 3.05) is 23.7 Å². The van der Waals surface area contributed by atoms with Gasteiger partial charge in [0.05, 0.1) is 5.56 Å². The third kappa shape index (κ3) is 5.17. The molecule has 3 rings (SSSR count). The van der Waals surface area contributed by atoms with Crippen LogP contribution in [-0.2, 0) is 17.5 Å². The zero-order chi connectivity index (χ0) is 21.9. The average molecular weight is 422 g/mol. The second kappa shape index (κ2) is 8.85. The van der Waals surface area contributed by atoms with Crippen molar-refractivity contribution in [1.29, 1.82) is 0 Å². The zero-order valence-corrected chi connectivity index (χ0v) is 16.9. The fourth-order valence-electron chi connectivity index (χ4n) is 3.42. The molecule has 162 valence electrons. The molecule has 2 aromatic rings. The number of amides is 1. The summed E-state index contributed by atoms with van der Waals surface area (Å²) in [6, 6.07) is 5.26. The quantitative estimate of drug-likeness (QED) is 0.769. The second-order valence-electron chi connectivity index (χ2n) is 7.64. The molecule has 1 aromatic heterocycles. The molecule has 30 heavy (non-hydrogen) atoms. The topological polar surface area (TPSA) is 97.0 Å². The lowest BCUT2D eigenvalue weighted by molar-refractivity contribution is -0.138. The first kappa shape index (κ1) is 21.8. The maximum Gasteiger partial charge on any atom is 0.416 e. The molecule has 1 aliphatic rings. The number of anilines is 2. The van der Waals surface area contributed by atoms with E-state index in [9.17, 15) is 18.0 Å². The van der Waals surface area contributed by atoms with Crippen LogP contribution < -0.4 is 16.0 Å². The van der Waals surface area contributed by atoms with Gasteiger partial charge in [0.2, 0.25) is 17.8 Å². The highest BCUT2D eigenvalue weighted by Gasteiger charge is 2.33. The molecule has 3 N–H and O–H groups in total. The van der Waals surface area contributed by atoms with Crippen molar-refractivity contribution in [3.05, 3.63) is 41.2 Å². The van der Waals surface area contributed by atoms with Gasteiger partial charge in [0, 0.05) is 31.5 Å². The number of nitrogens with two attached hydrogens (primary N) is 1. The average Bonchev–Trinajstić information content (AvgIpc) is 2.71. The van der Waals surface area contributed by atoms with Gasteiger partial charge in [-0.1, -0.05) is 32.0 Å². The van der Waals surface area contributed by atoms with Crippen molar-refractivity contribution < 1.29 is 18.0 Å². The monoisotopic (exact) mass is 422 g/mol. The van der Waals surface area contributed by atoms with Crippen molar-refractivity contribution in [2.45, 2.75) is 45.3 Å². The summed E-state index contributed by atoms with van der Waals surface area (Å²) in [6.45, 7) is 4.88. The fraction of sp³-hybridized carbons (Fsp3) is 0.500. The Morgan fingerprint density at radius 3 is 2.50 bits per heavy atom. The highest BCUT2D eigenvalue weighted by atomic mass is 19.4. The van der Waals surface area contributed by atoms with Crippen LogP contribution in [0.1, 0.15) is 49.6 Å². The van der Waals surface area contributed by atoms with E-state index in [1.807, 2.05) is 18.7 Å². The second-order valence-corrected chi connectivity index (χ2v) is 7.64. The van der Waals surface area contributed by atoms with Gasteiger partial charge in [-0.25, -0.2) is 0 Å². The molecule has 0 aliphatic carbocycles. The highest BCUT2D eigenvalue weighted by molar-refractivity contribution is 5.79. The molecule has 0 bridgehead atoms. The first-order valence-electron chi connectivity index (χ1n) is 9.84. The van der Waals surface area contributed by atoms with E-state index in [1.54, 1.807) is 0 Å². The summed E-state index contributed by atoms with van der Waals surface area (Å²) in [7, 11) is 0. The molecule has 7 nitrogen and oxygen atoms in total. The van der Waals surface area contributed by atoms with Crippen molar-refractivity contribution in [3.8, 4) is 0 Å². The van der Waals surface area contributed by atoms with Crippen LogP contribution in [0.4, 0.5) is 25.1 Å². The lowest BCUT2D eigenvalue weighted by Gasteiger charge is -2.31. The smallest absolute Gasteiger partial charge is 0.368 e. The summed E-state index contributed by atoms with van der Waals surface area (Å²) in [4.78, 5) is 27.2. The molecule has 1 amide bonds. The van der Waals surface area contributed by atoms with Crippen molar-refractivity contribution in [2.24, 2.45) is 5.92 Å². The van der Waals surface area contributed by atoms with Crippen LogP contribution in [0.2, 0.25) is 0 Å². The van der Waals surface area contributed by atoms with Crippen LogP contribution in [-0.4, -0.2) is 33.9 Å².